The Labute approximate surface area is 140 Å². The molecule has 0 bridgehead atoms. The molecule has 1 aromatic rings. The third-order valence-electron chi connectivity index (χ3n) is 3.87. The minimum atomic E-state index is -0.676. The lowest BCUT2D eigenvalue weighted by Gasteiger charge is -2.37. The van der Waals surface area contributed by atoms with Crippen LogP contribution in [0.15, 0.2) is 18.2 Å². The van der Waals surface area contributed by atoms with E-state index in [0.29, 0.717) is 26.2 Å². The van der Waals surface area contributed by atoms with Gasteiger partial charge in [0.05, 0.1) is 12.2 Å². The van der Waals surface area contributed by atoms with Gasteiger partial charge < -0.3 is 10.2 Å². The molecule has 2 amide bonds. The summed E-state index contributed by atoms with van der Waals surface area (Å²) in [5.41, 5.74) is -0.587. The highest BCUT2D eigenvalue weighted by Crippen LogP contribution is 2.19. The smallest absolute Gasteiger partial charge is 0.238 e. The Morgan fingerprint density at radius 3 is 2.33 bits per heavy atom. The summed E-state index contributed by atoms with van der Waals surface area (Å²) in [6, 6.07) is 2.92. The van der Waals surface area contributed by atoms with Crippen molar-refractivity contribution in [2.75, 3.05) is 38.0 Å². The zero-order chi connectivity index (χ0) is 17.9. The molecule has 0 spiro atoms. The molecule has 2 rings (SSSR count). The van der Waals surface area contributed by atoms with Gasteiger partial charge in [0.15, 0.2) is 0 Å². The van der Waals surface area contributed by atoms with Crippen molar-refractivity contribution in [3.63, 3.8) is 0 Å². The van der Waals surface area contributed by atoms with Crippen LogP contribution in [-0.4, -0.2) is 54.3 Å². The lowest BCUT2D eigenvalue weighted by molar-refractivity contribution is -0.141. The largest absolute Gasteiger partial charge is 0.340 e. The highest BCUT2D eigenvalue weighted by Gasteiger charge is 2.30. The summed E-state index contributed by atoms with van der Waals surface area (Å²) >= 11 is 0. The normalized spacial score (nSPS) is 16.1. The second-order valence-corrected chi connectivity index (χ2v) is 6.99. The molecule has 5 nitrogen and oxygen atoms in total. The number of nitrogens with zero attached hydrogens (tertiary/aromatic N) is 2. The number of amides is 2. The Morgan fingerprint density at radius 1 is 1.12 bits per heavy atom. The maximum atomic E-state index is 13.5. The molecular weight excluding hydrogens is 316 g/mol. The van der Waals surface area contributed by atoms with Crippen molar-refractivity contribution in [1.29, 1.82) is 0 Å². The maximum absolute atomic E-state index is 13.5. The second kappa shape index (κ2) is 7.25. The van der Waals surface area contributed by atoms with E-state index in [1.165, 1.54) is 0 Å². The minimum absolute atomic E-state index is 0.0769. The van der Waals surface area contributed by atoms with Crippen LogP contribution in [0.2, 0.25) is 0 Å². The maximum Gasteiger partial charge on any atom is 0.238 e. The number of hydrogen-bond donors (Lipinski definition) is 1. The SMILES string of the molecule is CC(C)(C)C(=O)N1CCN(CC(=O)Nc2cc(F)ccc2F)CC1. The number of carbonyl (C=O) groups is 2. The molecule has 7 heteroatoms. The number of benzene rings is 1. The van der Waals surface area contributed by atoms with Crippen LogP contribution in [0.5, 0.6) is 0 Å². The minimum Gasteiger partial charge on any atom is -0.340 e. The molecule has 0 saturated carbocycles. The van der Waals surface area contributed by atoms with Gasteiger partial charge in [0.2, 0.25) is 11.8 Å². The summed E-state index contributed by atoms with van der Waals surface area (Å²) in [5, 5.41) is 2.38. The lowest BCUT2D eigenvalue weighted by atomic mass is 9.94. The molecule has 132 valence electrons. The fourth-order valence-corrected chi connectivity index (χ4v) is 2.57. The van der Waals surface area contributed by atoms with Crippen molar-refractivity contribution in [3.8, 4) is 0 Å². The molecule has 1 heterocycles. The highest BCUT2D eigenvalue weighted by atomic mass is 19.1. The monoisotopic (exact) mass is 339 g/mol. The Morgan fingerprint density at radius 2 is 1.75 bits per heavy atom. The fraction of sp³-hybridized carbons (Fsp3) is 0.529. The fourth-order valence-electron chi connectivity index (χ4n) is 2.57. The van der Waals surface area contributed by atoms with E-state index < -0.39 is 23.0 Å². The first-order chi connectivity index (χ1) is 11.2. The number of anilines is 1. The summed E-state index contributed by atoms with van der Waals surface area (Å²) in [5.74, 6) is -1.60. The third-order valence-corrected chi connectivity index (χ3v) is 3.87. The molecule has 1 fully saturated rings. The van der Waals surface area contributed by atoms with Crippen LogP contribution in [-0.2, 0) is 9.59 Å². The van der Waals surface area contributed by atoms with Crippen LogP contribution in [0.1, 0.15) is 20.8 Å². The van der Waals surface area contributed by atoms with Crippen molar-refractivity contribution >= 4 is 17.5 Å². The number of nitrogens with one attached hydrogen (secondary N) is 1. The van der Waals surface area contributed by atoms with Gasteiger partial charge in [0.1, 0.15) is 11.6 Å². The first kappa shape index (κ1) is 18.3. The van der Waals surface area contributed by atoms with Gasteiger partial charge in [-0.1, -0.05) is 20.8 Å². The molecule has 0 atom stereocenters. The molecule has 1 saturated heterocycles. The van der Waals surface area contributed by atoms with Crippen molar-refractivity contribution in [1.82, 2.24) is 9.80 Å². The number of rotatable bonds is 3. The quantitative estimate of drug-likeness (QED) is 0.917. The third kappa shape index (κ3) is 4.74. The zero-order valence-electron chi connectivity index (χ0n) is 14.2. The summed E-state index contributed by atoms with van der Waals surface area (Å²) in [4.78, 5) is 27.9. The van der Waals surface area contributed by atoms with E-state index in [1.807, 2.05) is 25.7 Å². The molecule has 1 N–H and O–H groups in total. The average Bonchev–Trinajstić information content (AvgIpc) is 2.50. The highest BCUT2D eigenvalue weighted by molar-refractivity contribution is 5.92. The van der Waals surface area contributed by atoms with E-state index in [-0.39, 0.29) is 18.1 Å². The van der Waals surface area contributed by atoms with E-state index in [1.54, 1.807) is 4.90 Å². The van der Waals surface area contributed by atoms with E-state index >= 15 is 0 Å². The van der Waals surface area contributed by atoms with Gasteiger partial charge in [-0.05, 0) is 12.1 Å². The number of halogens is 2. The predicted molar refractivity (Wildman–Crippen MR) is 87.5 cm³/mol. The summed E-state index contributed by atoms with van der Waals surface area (Å²) in [6.45, 7) is 7.96. The summed E-state index contributed by atoms with van der Waals surface area (Å²) in [7, 11) is 0. The second-order valence-electron chi connectivity index (χ2n) is 6.99. The van der Waals surface area contributed by atoms with Crippen molar-refractivity contribution in [2.24, 2.45) is 5.41 Å². The molecule has 1 aromatic carbocycles. The molecular formula is C17H23F2N3O2. The van der Waals surface area contributed by atoms with Gasteiger partial charge in [-0.3, -0.25) is 14.5 Å². The number of carbonyl (C=O) groups excluding carboxylic acids is 2. The van der Waals surface area contributed by atoms with Crippen molar-refractivity contribution in [2.45, 2.75) is 20.8 Å². The Balaban J connectivity index is 1.84. The van der Waals surface area contributed by atoms with Gasteiger partial charge in [0, 0.05) is 37.7 Å². The van der Waals surface area contributed by atoms with Gasteiger partial charge in [0.25, 0.3) is 0 Å². The number of hydrogen-bond acceptors (Lipinski definition) is 3. The van der Waals surface area contributed by atoms with Gasteiger partial charge in [-0.2, -0.15) is 0 Å². The number of piperazine rings is 1. The first-order valence-corrected chi connectivity index (χ1v) is 7.93. The molecule has 1 aliphatic rings. The van der Waals surface area contributed by atoms with Crippen molar-refractivity contribution in [3.05, 3.63) is 29.8 Å². The van der Waals surface area contributed by atoms with Crippen LogP contribution in [0, 0.1) is 17.0 Å². The molecule has 0 radical (unpaired) electrons. The van der Waals surface area contributed by atoms with Gasteiger partial charge in [-0.15, -0.1) is 0 Å². The van der Waals surface area contributed by atoms with E-state index in [4.69, 9.17) is 0 Å². The first-order valence-electron chi connectivity index (χ1n) is 7.93. The van der Waals surface area contributed by atoms with Crippen LogP contribution in [0.4, 0.5) is 14.5 Å². The van der Waals surface area contributed by atoms with Crippen LogP contribution < -0.4 is 5.32 Å². The molecule has 0 unspecified atom stereocenters. The molecule has 24 heavy (non-hydrogen) atoms. The van der Waals surface area contributed by atoms with Crippen molar-refractivity contribution < 1.29 is 18.4 Å². The molecule has 0 aliphatic carbocycles. The Hall–Kier alpha value is -2.02. The van der Waals surface area contributed by atoms with E-state index in [2.05, 4.69) is 5.32 Å². The standard InChI is InChI=1S/C17H23F2N3O2/c1-17(2,3)16(24)22-8-6-21(7-9-22)11-15(23)20-14-10-12(18)4-5-13(14)19/h4-5,10H,6-9,11H2,1-3H3,(H,20,23). The van der Waals surface area contributed by atoms with E-state index in [9.17, 15) is 18.4 Å². The van der Waals surface area contributed by atoms with E-state index in [0.717, 1.165) is 18.2 Å². The summed E-state index contributed by atoms with van der Waals surface area (Å²) in [6.07, 6.45) is 0. The van der Waals surface area contributed by atoms with Crippen LogP contribution >= 0.6 is 0 Å². The molecule has 1 aliphatic heterocycles. The van der Waals surface area contributed by atoms with Crippen LogP contribution in [0.25, 0.3) is 0 Å². The molecule has 0 aromatic heterocycles. The zero-order valence-corrected chi connectivity index (χ0v) is 14.2. The predicted octanol–water partition coefficient (Wildman–Crippen LogP) is 2.09. The Bertz CT molecular complexity index is 621. The lowest BCUT2D eigenvalue weighted by Crippen LogP contribution is -2.52. The van der Waals surface area contributed by atoms with Gasteiger partial charge >= 0.3 is 0 Å². The van der Waals surface area contributed by atoms with Crippen LogP contribution in [0.3, 0.4) is 0 Å². The van der Waals surface area contributed by atoms with Gasteiger partial charge in [-0.25, -0.2) is 8.78 Å². The average molecular weight is 339 g/mol. The Kier molecular flexibility index (Phi) is 5.54. The topological polar surface area (TPSA) is 52.7 Å². The summed E-state index contributed by atoms with van der Waals surface area (Å²) < 4.78 is 26.6.